The van der Waals surface area contributed by atoms with Gasteiger partial charge < -0.3 is 0 Å². The van der Waals surface area contributed by atoms with Crippen LogP contribution in [0.3, 0.4) is 0 Å². The van der Waals surface area contributed by atoms with E-state index in [-0.39, 0.29) is 17.8 Å². The van der Waals surface area contributed by atoms with Gasteiger partial charge in [0.2, 0.25) is 0 Å². The van der Waals surface area contributed by atoms with Crippen LogP contribution in [0.4, 0.5) is 39.5 Å². The van der Waals surface area contributed by atoms with E-state index in [9.17, 15) is 53.2 Å². The van der Waals surface area contributed by atoms with E-state index in [2.05, 4.69) is 9.44 Å². The molecule has 15 heteroatoms. The van der Waals surface area contributed by atoms with Crippen LogP contribution in [0.2, 0.25) is 0 Å². The first kappa shape index (κ1) is 23.9. The molecule has 31 heavy (non-hydrogen) atoms. The average molecular weight is 486 g/mol. The fourth-order valence-corrected chi connectivity index (χ4v) is 6.00. The van der Waals surface area contributed by atoms with Crippen molar-refractivity contribution in [3.63, 3.8) is 0 Å². The Bertz CT molecular complexity index is 886. The monoisotopic (exact) mass is 486 g/mol. The lowest BCUT2D eigenvalue weighted by Gasteiger charge is -2.55. The molecule has 0 saturated heterocycles. The summed E-state index contributed by atoms with van der Waals surface area (Å²) < 4.78 is 143. The highest BCUT2D eigenvalue weighted by molar-refractivity contribution is 7.87. The molecular formula is C16H15F9N2O3S. The van der Waals surface area contributed by atoms with Crippen LogP contribution in [0.1, 0.15) is 38.5 Å². The number of nitrogens with zero attached hydrogens (tertiary/aromatic N) is 2. The zero-order valence-electron chi connectivity index (χ0n) is 15.4. The first-order valence-corrected chi connectivity index (χ1v) is 10.4. The molecule has 0 N–H and O–H groups in total. The van der Waals surface area contributed by atoms with Gasteiger partial charge in [0, 0.05) is 5.41 Å². The van der Waals surface area contributed by atoms with Crippen LogP contribution in [0, 0.1) is 34.5 Å². The van der Waals surface area contributed by atoms with Crippen molar-refractivity contribution in [2.75, 3.05) is 0 Å². The van der Waals surface area contributed by atoms with Gasteiger partial charge in [0.15, 0.2) is 5.71 Å². The smallest absolute Gasteiger partial charge is 0.263 e. The van der Waals surface area contributed by atoms with Crippen LogP contribution >= 0.6 is 0 Å². The van der Waals surface area contributed by atoms with Crippen molar-refractivity contribution in [3.8, 4) is 6.07 Å². The SMILES string of the molecule is N#C/C(=N\OS(=O)(=O)C(F)(F)C(F)(F)C(F)(F)C(F)(F)F)C12CC3CC(CC(C3)C1)C2. The topological polar surface area (TPSA) is 79.5 Å². The average Bonchev–Trinajstić information content (AvgIpc) is 2.59. The fourth-order valence-electron chi connectivity index (χ4n) is 5.29. The number of alkyl halides is 9. The third-order valence-corrected chi connectivity index (χ3v) is 7.46. The van der Waals surface area contributed by atoms with Crippen molar-refractivity contribution in [3.05, 3.63) is 0 Å². The molecule has 4 aliphatic carbocycles. The Kier molecular flexibility index (Phi) is 5.32. The van der Waals surface area contributed by atoms with Crippen molar-refractivity contribution in [1.82, 2.24) is 0 Å². The summed E-state index contributed by atoms with van der Waals surface area (Å²) in [7, 11) is -7.14. The molecule has 4 aliphatic rings. The molecule has 5 nitrogen and oxygen atoms in total. The van der Waals surface area contributed by atoms with Gasteiger partial charge in [0.25, 0.3) is 0 Å². The lowest BCUT2D eigenvalue weighted by molar-refractivity contribution is -0.382. The van der Waals surface area contributed by atoms with Crippen LogP contribution < -0.4 is 0 Å². The Morgan fingerprint density at radius 1 is 0.871 bits per heavy atom. The summed E-state index contributed by atoms with van der Waals surface area (Å²) in [5.74, 6) is -14.4. The van der Waals surface area contributed by atoms with Gasteiger partial charge >= 0.3 is 33.4 Å². The molecule has 4 fully saturated rings. The van der Waals surface area contributed by atoms with Gasteiger partial charge in [-0.3, -0.25) is 4.28 Å². The van der Waals surface area contributed by atoms with Crippen molar-refractivity contribution < 1.29 is 52.2 Å². The van der Waals surface area contributed by atoms with E-state index >= 15 is 0 Å². The Morgan fingerprint density at radius 2 is 1.29 bits per heavy atom. The Morgan fingerprint density at radius 3 is 1.65 bits per heavy atom. The molecule has 176 valence electrons. The first-order chi connectivity index (χ1) is 13.9. The standard InChI is InChI=1S/C16H15F9N2O3S/c17-13(18,15(21,22)23)14(19,20)16(24,25)31(28,29)30-27-11(7-26)12-4-8-1-9(5-12)3-10(2-8)6-12/h8-10H,1-6H2/b27-11+. The third-order valence-electron chi connectivity index (χ3n) is 6.30. The summed E-state index contributed by atoms with van der Waals surface area (Å²) in [6.45, 7) is 0. The molecule has 0 aliphatic heterocycles. The number of oxime groups is 1. The molecule has 0 aromatic rings. The molecule has 0 unspecified atom stereocenters. The van der Waals surface area contributed by atoms with E-state index in [1.54, 1.807) is 0 Å². The van der Waals surface area contributed by atoms with E-state index in [0.717, 1.165) is 19.3 Å². The molecule has 0 spiro atoms. The Balaban J connectivity index is 1.90. The number of rotatable bonds is 6. The highest BCUT2D eigenvalue weighted by Gasteiger charge is 2.86. The predicted octanol–water partition coefficient (Wildman–Crippen LogP) is 4.85. The van der Waals surface area contributed by atoms with Crippen LogP contribution in [0.5, 0.6) is 0 Å². The van der Waals surface area contributed by atoms with Crippen molar-refractivity contribution in [2.45, 2.75) is 61.8 Å². The maximum absolute atomic E-state index is 13.7. The molecule has 0 aromatic carbocycles. The summed E-state index contributed by atoms with van der Waals surface area (Å²) in [4.78, 5) is 0. The molecule has 0 aromatic heterocycles. The minimum absolute atomic E-state index is 0.151. The zero-order valence-corrected chi connectivity index (χ0v) is 16.2. The lowest BCUT2D eigenvalue weighted by atomic mass is 9.48. The van der Waals surface area contributed by atoms with Crippen LogP contribution in [0.15, 0.2) is 5.16 Å². The minimum Gasteiger partial charge on any atom is -0.263 e. The second-order valence-electron chi connectivity index (χ2n) is 8.44. The van der Waals surface area contributed by atoms with Gasteiger partial charge in [0.1, 0.15) is 6.07 Å². The van der Waals surface area contributed by atoms with E-state index in [4.69, 9.17) is 0 Å². The molecule has 4 rings (SSSR count). The van der Waals surface area contributed by atoms with E-state index in [1.165, 1.54) is 6.07 Å². The summed E-state index contributed by atoms with van der Waals surface area (Å²) in [6.07, 6.45) is -3.64. The Hall–Kier alpha value is -1.72. The van der Waals surface area contributed by atoms with Gasteiger partial charge in [-0.2, -0.15) is 53.2 Å². The highest BCUT2D eigenvalue weighted by atomic mass is 32.2. The second-order valence-corrected chi connectivity index (χ2v) is 10.0. The zero-order chi connectivity index (χ0) is 23.7. The number of hydrogen-bond acceptors (Lipinski definition) is 5. The van der Waals surface area contributed by atoms with Crippen LogP contribution in [-0.4, -0.2) is 37.4 Å². The van der Waals surface area contributed by atoms with Gasteiger partial charge in [-0.15, -0.1) is 0 Å². The largest absolute Gasteiger partial charge is 0.460 e. The quantitative estimate of drug-likeness (QED) is 0.305. The third kappa shape index (κ3) is 3.45. The van der Waals surface area contributed by atoms with Gasteiger partial charge in [-0.25, -0.2) is 0 Å². The first-order valence-electron chi connectivity index (χ1n) is 9.02. The van der Waals surface area contributed by atoms with Crippen LogP contribution in [-0.2, 0) is 14.4 Å². The molecule has 0 amide bonds. The molecule has 0 atom stereocenters. The van der Waals surface area contributed by atoms with E-state index in [1.807, 2.05) is 0 Å². The number of hydrogen-bond donors (Lipinski definition) is 0. The highest BCUT2D eigenvalue weighted by Crippen LogP contribution is 2.61. The van der Waals surface area contributed by atoms with Gasteiger partial charge in [0.05, 0.1) is 0 Å². The van der Waals surface area contributed by atoms with E-state index in [0.29, 0.717) is 19.3 Å². The summed E-state index contributed by atoms with van der Waals surface area (Å²) >= 11 is 0. The maximum Gasteiger partial charge on any atom is 0.460 e. The van der Waals surface area contributed by atoms with Crippen molar-refractivity contribution >= 4 is 15.8 Å². The molecular weight excluding hydrogens is 471 g/mol. The predicted molar refractivity (Wildman–Crippen MR) is 84.6 cm³/mol. The lowest BCUT2D eigenvalue weighted by Crippen LogP contribution is -2.63. The van der Waals surface area contributed by atoms with Gasteiger partial charge in [-0.1, -0.05) is 5.16 Å². The molecule has 4 bridgehead atoms. The van der Waals surface area contributed by atoms with Gasteiger partial charge in [-0.05, 0) is 56.3 Å². The van der Waals surface area contributed by atoms with Crippen molar-refractivity contribution in [2.24, 2.45) is 28.3 Å². The Labute approximate surface area is 170 Å². The van der Waals surface area contributed by atoms with Crippen molar-refractivity contribution in [1.29, 1.82) is 5.26 Å². The van der Waals surface area contributed by atoms with E-state index < -0.39 is 44.5 Å². The molecule has 0 heterocycles. The summed E-state index contributed by atoms with van der Waals surface area (Å²) in [5, 5.41) is 5.07. The number of halogens is 9. The summed E-state index contributed by atoms with van der Waals surface area (Å²) in [6, 6.07) is 1.48. The second kappa shape index (κ2) is 6.89. The summed E-state index contributed by atoms with van der Waals surface area (Å²) in [5.41, 5.74) is -1.75. The number of nitriles is 1. The molecule has 4 saturated carbocycles. The maximum atomic E-state index is 13.7. The fraction of sp³-hybridized carbons (Fsp3) is 0.875. The molecule has 0 radical (unpaired) electrons. The minimum atomic E-state index is -7.42. The van der Waals surface area contributed by atoms with Crippen LogP contribution in [0.25, 0.3) is 0 Å². The normalized spacial score (nSPS) is 32.1.